The summed E-state index contributed by atoms with van der Waals surface area (Å²) < 4.78 is 2.03. The van der Waals surface area contributed by atoms with Gasteiger partial charge in [0, 0.05) is 29.2 Å². The number of halogens is 1. The van der Waals surface area contributed by atoms with Crippen molar-refractivity contribution in [2.75, 3.05) is 0 Å². The van der Waals surface area contributed by atoms with E-state index in [0.29, 0.717) is 5.02 Å². The molecule has 26 heavy (non-hydrogen) atoms. The van der Waals surface area contributed by atoms with Crippen LogP contribution in [0, 0.1) is 0 Å². The molecule has 0 saturated carbocycles. The van der Waals surface area contributed by atoms with E-state index in [0.717, 1.165) is 23.1 Å². The van der Waals surface area contributed by atoms with Crippen LogP contribution in [0.5, 0.6) is 0 Å². The molecule has 2 aromatic rings. The van der Waals surface area contributed by atoms with Crippen LogP contribution in [0.15, 0.2) is 29.4 Å². The summed E-state index contributed by atoms with van der Waals surface area (Å²) in [6, 6.07) is 7.88. The summed E-state index contributed by atoms with van der Waals surface area (Å²) in [5.74, 6) is 0.912. The van der Waals surface area contributed by atoms with E-state index in [-0.39, 0.29) is 23.2 Å². The first-order chi connectivity index (χ1) is 12.3. The molecular weight excluding hydrogens is 368 g/mol. The molecule has 2 rings (SSSR count). The average molecular weight is 395 g/mol. The van der Waals surface area contributed by atoms with Gasteiger partial charge in [-0.3, -0.25) is 4.79 Å². The highest BCUT2D eigenvalue weighted by Crippen LogP contribution is 2.28. The first-order valence-electron chi connectivity index (χ1n) is 8.94. The number of aromatic nitrogens is 3. The van der Waals surface area contributed by atoms with E-state index in [9.17, 15) is 4.79 Å². The van der Waals surface area contributed by atoms with Crippen LogP contribution < -0.4 is 0 Å². The van der Waals surface area contributed by atoms with Crippen molar-refractivity contribution in [3.63, 3.8) is 0 Å². The summed E-state index contributed by atoms with van der Waals surface area (Å²) in [5, 5.41) is 9.88. The average Bonchev–Trinajstić information content (AvgIpc) is 2.97. The van der Waals surface area contributed by atoms with Gasteiger partial charge in [0.25, 0.3) is 0 Å². The van der Waals surface area contributed by atoms with Crippen LogP contribution in [0.1, 0.15) is 41.5 Å². The number of benzene rings is 1. The van der Waals surface area contributed by atoms with E-state index in [1.807, 2.05) is 75.3 Å². The second-order valence-corrected chi connectivity index (χ2v) is 8.49. The molecule has 1 aromatic carbocycles. The lowest BCUT2D eigenvalue weighted by molar-refractivity contribution is -0.133. The fourth-order valence-electron chi connectivity index (χ4n) is 3.00. The van der Waals surface area contributed by atoms with Gasteiger partial charge in [0.15, 0.2) is 11.0 Å². The van der Waals surface area contributed by atoms with Gasteiger partial charge in [-0.25, -0.2) is 0 Å². The maximum absolute atomic E-state index is 12.9. The van der Waals surface area contributed by atoms with E-state index >= 15 is 0 Å². The summed E-state index contributed by atoms with van der Waals surface area (Å²) in [4.78, 5) is 14.8. The zero-order chi connectivity index (χ0) is 19.4. The van der Waals surface area contributed by atoms with Crippen LogP contribution in [0.2, 0.25) is 5.02 Å². The van der Waals surface area contributed by atoms with Crippen molar-refractivity contribution in [3.8, 4) is 11.4 Å². The first kappa shape index (κ1) is 20.8. The van der Waals surface area contributed by atoms with Crippen molar-refractivity contribution in [2.45, 2.75) is 70.6 Å². The summed E-state index contributed by atoms with van der Waals surface area (Å²) in [6.45, 7) is 12.9. The Kier molecular flexibility index (Phi) is 7.12. The quantitative estimate of drug-likeness (QED) is 0.636. The third-order valence-corrected chi connectivity index (χ3v) is 5.45. The minimum atomic E-state index is -0.229. The fourth-order valence-corrected chi connectivity index (χ4v) is 4.09. The van der Waals surface area contributed by atoms with E-state index in [1.165, 1.54) is 11.8 Å². The molecule has 0 fully saturated rings. The van der Waals surface area contributed by atoms with Gasteiger partial charge in [0.2, 0.25) is 5.91 Å². The molecule has 0 aliphatic carbocycles. The molecule has 142 valence electrons. The van der Waals surface area contributed by atoms with Gasteiger partial charge in [0.05, 0.1) is 5.25 Å². The molecule has 0 spiro atoms. The SMILES string of the molecule is CCn1c(S[C@@H](C)C(=O)N(C(C)C)C(C)C)nnc1-c1ccc(Cl)cc1. The van der Waals surface area contributed by atoms with E-state index < -0.39 is 0 Å². The Balaban J connectivity index is 2.24. The van der Waals surface area contributed by atoms with Gasteiger partial charge in [0.1, 0.15) is 0 Å². The predicted molar refractivity (Wildman–Crippen MR) is 109 cm³/mol. The lowest BCUT2D eigenvalue weighted by Gasteiger charge is -2.32. The van der Waals surface area contributed by atoms with Crippen molar-refractivity contribution in [2.24, 2.45) is 0 Å². The third kappa shape index (κ3) is 4.60. The van der Waals surface area contributed by atoms with Gasteiger partial charge in [-0.15, -0.1) is 10.2 Å². The highest BCUT2D eigenvalue weighted by atomic mass is 35.5. The number of hydrogen-bond donors (Lipinski definition) is 0. The van der Waals surface area contributed by atoms with Crippen LogP contribution in [0.4, 0.5) is 0 Å². The van der Waals surface area contributed by atoms with Crippen LogP contribution in [-0.4, -0.2) is 42.9 Å². The van der Waals surface area contributed by atoms with Crippen molar-refractivity contribution in [3.05, 3.63) is 29.3 Å². The zero-order valence-electron chi connectivity index (χ0n) is 16.2. The van der Waals surface area contributed by atoms with Crippen molar-refractivity contribution in [1.29, 1.82) is 0 Å². The van der Waals surface area contributed by atoms with E-state index in [2.05, 4.69) is 10.2 Å². The van der Waals surface area contributed by atoms with Crippen LogP contribution >= 0.6 is 23.4 Å². The summed E-state index contributed by atoms with van der Waals surface area (Å²) >= 11 is 7.43. The predicted octanol–water partition coefficient (Wildman–Crippen LogP) is 4.74. The molecule has 0 aliphatic rings. The summed E-state index contributed by atoms with van der Waals surface area (Å²) in [5.41, 5.74) is 0.959. The zero-order valence-corrected chi connectivity index (χ0v) is 17.8. The molecule has 0 saturated heterocycles. The molecular formula is C19H27ClN4OS. The van der Waals surface area contributed by atoms with Gasteiger partial charge >= 0.3 is 0 Å². The van der Waals surface area contributed by atoms with Crippen molar-refractivity contribution < 1.29 is 4.79 Å². The van der Waals surface area contributed by atoms with Crippen LogP contribution in [0.25, 0.3) is 11.4 Å². The maximum atomic E-state index is 12.9. The number of hydrogen-bond acceptors (Lipinski definition) is 4. The molecule has 0 aliphatic heterocycles. The molecule has 0 unspecified atom stereocenters. The summed E-state index contributed by atoms with van der Waals surface area (Å²) in [7, 11) is 0. The van der Waals surface area contributed by atoms with Crippen LogP contribution in [0.3, 0.4) is 0 Å². The fraction of sp³-hybridized carbons (Fsp3) is 0.526. The standard InChI is InChI=1S/C19H27ClN4OS/c1-7-23-17(15-8-10-16(20)11-9-15)21-22-19(23)26-14(6)18(25)24(12(2)3)13(4)5/h8-14H,7H2,1-6H3/t14-/m0/s1. The van der Waals surface area contributed by atoms with Gasteiger partial charge in [-0.2, -0.15) is 0 Å². The largest absolute Gasteiger partial charge is 0.337 e. The maximum Gasteiger partial charge on any atom is 0.236 e. The topological polar surface area (TPSA) is 51.0 Å². The Morgan fingerprint density at radius 1 is 1.12 bits per heavy atom. The monoisotopic (exact) mass is 394 g/mol. The Morgan fingerprint density at radius 2 is 1.69 bits per heavy atom. The molecule has 0 radical (unpaired) electrons. The Hall–Kier alpha value is -1.53. The Labute approximate surface area is 165 Å². The number of amides is 1. The number of carbonyl (C=O) groups is 1. The highest BCUT2D eigenvalue weighted by molar-refractivity contribution is 8.00. The summed E-state index contributed by atoms with van der Waals surface area (Å²) in [6.07, 6.45) is 0. The number of rotatable bonds is 7. The normalized spacial score (nSPS) is 12.7. The molecule has 0 N–H and O–H groups in total. The van der Waals surface area contributed by atoms with Gasteiger partial charge in [-0.05, 0) is 65.8 Å². The molecule has 5 nitrogen and oxygen atoms in total. The van der Waals surface area contributed by atoms with E-state index in [1.54, 1.807) is 0 Å². The molecule has 0 bridgehead atoms. The Bertz CT molecular complexity index is 734. The van der Waals surface area contributed by atoms with E-state index in [4.69, 9.17) is 11.6 Å². The Morgan fingerprint density at radius 3 is 2.19 bits per heavy atom. The van der Waals surface area contributed by atoms with Gasteiger partial charge in [-0.1, -0.05) is 23.4 Å². The smallest absolute Gasteiger partial charge is 0.236 e. The molecule has 1 amide bonds. The molecule has 7 heteroatoms. The molecule has 1 heterocycles. The van der Waals surface area contributed by atoms with Crippen LogP contribution in [-0.2, 0) is 11.3 Å². The first-order valence-corrected chi connectivity index (χ1v) is 10.2. The minimum Gasteiger partial charge on any atom is -0.337 e. The second kappa shape index (κ2) is 8.91. The number of thioether (sulfide) groups is 1. The highest BCUT2D eigenvalue weighted by Gasteiger charge is 2.27. The number of nitrogens with zero attached hydrogens (tertiary/aromatic N) is 4. The second-order valence-electron chi connectivity index (χ2n) is 6.75. The lowest BCUT2D eigenvalue weighted by atomic mass is 10.2. The minimum absolute atomic E-state index is 0.124. The molecule has 1 aromatic heterocycles. The van der Waals surface area contributed by atoms with Crippen molar-refractivity contribution in [1.82, 2.24) is 19.7 Å². The van der Waals surface area contributed by atoms with Gasteiger partial charge < -0.3 is 9.47 Å². The molecule has 1 atom stereocenters. The third-order valence-electron chi connectivity index (χ3n) is 4.13. The van der Waals surface area contributed by atoms with Crippen molar-refractivity contribution >= 4 is 29.3 Å². The number of carbonyl (C=O) groups excluding carboxylic acids is 1. The lowest BCUT2D eigenvalue weighted by Crippen LogP contribution is -2.45.